The van der Waals surface area contributed by atoms with Crippen LogP contribution >= 0.6 is 11.6 Å². The Labute approximate surface area is 173 Å². The topological polar surface area (TPSA) is 82.9 Å². The molecule has 1 N–H and O–H groups in total. The van der Waals surface area contributed by atoms with Crippen molar-refractivity contribution in [2.24, 2.45) is 5.92 Å². The summed E-state index contributed by atoms with van der Waals surface area (Å²) in [6.07, 6.45) is 5.44. The highest BCUT2D eigenvalue weighted by atomic mass is 35.5. The molecule has 0 atom stereocenters. The second kappa shape index (κ2) is 8.29. The summed E-state index contributed by atoms with van der Waals surface area (Å²) < 4.78 is 4.97. The van der Waals surface area contributed by atoms with Crippen molar-refractivity contribution in [1.29, 1.82) is 0 Å². The third-order valence-electron chi connectivity index (χ3n) is 5.51. The van der Waals surface area contributed by atoms with E-state index in [4.69, 9.17) is 16.0 Å². The van der Waals surface area contributed by atoms with E-state index in [1.165, 1.54) is 12.5 Å². The molecule has 8 heteroatoms. The predicted molar refractivity (Wildman–Crippen MR) is 109 cm³/mol. The second-order valence-corrected chi connectivity index (χ2v) is 7.79. The molecule has 3 amide bonds. The minimum atomic E-state index is -0.198. The lowest BCUT2D eigenvalue weighted by Gasteiger charge is -2.31. The molecule has 0 bridgehead atoms. The highest BCUT2D eigenvalue weighted by molar-refractivity contribution is 6.34. The lowest BCUT2D eigenvalue weighted by atomic mass is 9.95. The van der Waals surface area contributed by atoms with Crippen molar-refractivity contribution in [1.82, 2.24) is 4.90 Å². The summed E-state index contributed by atoms with van der Waals surface area (Å²) in [7, 11) is 0. The van der Waals surface area contributed by atoms with Gasteiger partial charge in [-0.1, -0.05) is 11.6 Å². The Morgan fingerprint density at radius 1 is 1.14 bits per heavy atom. The van der Waals surface area contributed by atoms with Crippen LogP contribution in [0.2, 0.25) is 5.02 Å². The zero-order valence-electron chi connectivity index (χ0n) is 15.9. The van der Waals surface area contributed by atoms with Gasteiger partial charge in [0.2, 0.25) is 11.8 Å². The number of piperidine rings is 1. The first-order chi connectivity index (χ1) is 14.0. The molecule has 29 heavy (non-hydrogen) atoms. The van der Waals surface area contributed by atoms with E-state index < -0.39 is 0 Å². The number of carbonyl (C=O) groups is 3. The Hall–Kier alpha value is -2.80. The number of likely N-dealkylation sites (tertiary alicyclic amines) is 1. The van der Waals surface area contributed by atoms with Crippen LogP contribution in [0, 0.1) is 5.92 Å². The van der Waals surface area contributed by atoms with Crippen LogP contribution in [0.3, 0.4) is 0 Å². The number of benzene rings is 1. The van der Waals surface area contributed by atoms with Crippen molar-refractivity contribution in [3.8, 4) is 0 Å². The molecule has 0 saturated carbocycles. The molecule has 2 aliphatic heterocycles. The van der Waals surface area contributed by atoms with E-state index in [1.807, 2.05) is 0 Å². The zero-order chi connectivity index (χ0) is 20.4. The van der Waals surface area contributed by atoms with Crippen molar-refractivity contribution >= 4 is 40.7 Å². The van der Waals surface area contributed by atoms with E-state index in [-0.39, 0.29) is 23.6 Å². The van der Waals surface area contributed by atoms with Crippen molar-refractivity contribution in [2.45, 2.75) is 25.7 Å². The zero-order valence-corrected chi connectivity index (χ0v) is 16.7. The Morgan fingerprint density at radius 2 is 1.93 bits per heavy atom. The van der Waals surface area contributed by atoms with E-state index in [2.05, 4.69) is 5.32 Å². The molecule has 2 saturated heterocycles. The maximum Gasteiger partial charge on any atom is 0.257 e. The van der Waals surface area contributed by atoms with Gasteiger partial charge in [0.1, 0.15) is 6.26 Å². The third kappa shape index (κ3) is 4.15. The quantitative estimate of drug-likeness (QED) is 0.827. The second-order valence-electron chi connectivity index (χ2n) is 7.38. The number of halogens is 1. The van der Waals surface area contributed by atoms with Gasteiger partial charge >= 0.3 is 0 Å². The van der Waals surface area contributed by atoms with Gasteiger partial charge in [-0.2, -0.15) is 0 Å². The van der Waals surface area contributed by atoms with Crippen molar-refractivity contribution in [3.63, 3.8) is 0 Å². The largest absolute Gasteiger partial charge is 0.472 e. The monoisotopic (exact) mass is 415 g/mol. The molecular weight excluding hydrogens is 394 g/mol. The first-order valence-electron chi connectivity index (χ1n) is 9.75. The molecule has 2 aromatic rings. The molecule has 0 unspecified atom stereocenters. The summed E-state index contributed by atoms with van der Waals surface area (Å²) in [5.74, 6) is -0.313. The summed E-state index contributed by atoms with van der Waals surface area (Å²) in [4.78, 5) is 40.6. The maximum atomic E-state index is 12.8. The SMILES string of the molecule is O=C(Nc1cc(N2CCCC2=O)ccc1Cl)C1CCN(C(=O)c2ccoc2)CC1. The molecule has 0 radical (unpaired) electrons. The number of nitrogens with zero attached hydrogens (tertiary/aromatic N) is 2. The van der Waals surface area contributed by atoms with Crippen LogP contribution in [0.15, 0.2) is 41.2 Å². The summed E-state index contributed by atoms with van der Waals surface area (Å²) in [5.41, 5.74) is 1.77. The third-order valence-corrected chi connectivity index (χ3v) is 5.84. The molecule has 2 aliphatic rings. The normalized spacial score (nSPS) is 17.6. The number of amides is 3. The molecule has 0 spiro atoms. The van der Waals surface area contributed by atoms with E-state index in [0.29, 0.717) is 55.2 Å². The van der Waals surface area contributed by atoms with Gasteiger partial charge in [0.25, 0.3) is 5.91 Å². The summed E-state index contributed by atoms with van der Waals surface area (Å²) in [5, 5.41) is 3.33. The number of rotatable bonds is 4. The van der Waals surface area contributed by atoms with Gasteiger partial charge in [-0.05, 0) is 43.5 Å². The van der Waals surface area contributed by atoms with Crippen LogP contribution < -0.4 is 10.2 Å². The Kier molecular flexibility index (Phi) is 5.58. The molecule has 0 aliphatic carbocycles. The summed E-state index contributed by atoms with van der Waals surface area (Å²) >= 11 is 6.26. The predicted octanol–water partition coefficient (Wildman–Crippen LogP) is 3.55. The fourth-order valence-corrected chi connectivity index (χ4v) is 4.01. The maximum absolute atomic E-state index is 12.8. The fourth-order valence-electron chi connectivity index (χ4n) is 3.85. The van der Waals surface area contributed by atoms with Gasteiger partial charge in [0.15, 0.2) is 0 Å². The number of hydrogen-bond acceptors (Lipinski definition) is 4. The van der Waals surface area contributed by atoms with Crippen LogP contribution in [0.25, 0.3) is 0 Å². The van der Waals surface area contributed by atoms with E-state index in [9.17, 15) is 14.4 Å². The molecule has 152 valence electrons. The highest BCUT2D eigenvalue weighted by Crippen LogP contribution is 2.31. The molecular formula is C21H22ClN3O4. The van der Waals surface area contributed by atoms with Crippen LogP contribution in [0.5, 0.6) is 0 Å². The lowest BCUT2D eigenvalue weighted by Crippen LogP contribution is -2.41. The molecule has 7 nitrogen and oxygen atoms in total. The van der Waals surface area contributed by atoms with E-state index in [0.717, 1.165) is 12.1 Å². The van der Waals surface area contributed by atoms with Crippen molar-refractivity contribution in [2.75, 3.05) is 29.9 Å². The average Bonchev–Trinajstić information content (AvgIpc) is 3.41. The van der Waals surface area contributed by atoms with Gasteiger partial charge in [-0.15, -0.1) is 0 Å². The number of nitrogens with one attached hydrogen (secondary N) is 1. The van der Waals surface area contributed by atoms with Crippen LogP contribution in [-0.4, -0.2) is 42.3 Å². The van der Waals surface area contributed by atoms with Crippen molar-refractivity contribution < 1.29 is 18.8 Å². The Balaban J connectivity index is 1.37. The summed E-state index contributed by atoms with van der Waals surface area (Å²) in [6, 6.07) is 6.88. The minimum absolute atomic E-state index is 0.0800. The van der Waals surface area contributed by atoms with Gasteiger partial charge in [0.05, 0.1) is 22.5 Å². The first kappa shape index (κ1) is 19.5. The Morgan fingerprint density at radius 3 is 2.59 bits per heavy atom. The van der Waals surface area contributed by atoms with Gasteiger partial charge in [-0.3, -0.25) is 14.4 Å². The number of carbonyl (C=O) groups excluding carboxylic acids is 3. The minimum Gasteiger partial charge on any atom is -0.472 e. The number of hydrogen-bond donors (Lipinski definition) is 1. The van der Waals surface area contributed by atoms with Crippen LogP contribution in [0.4, 0.5) is 11.4 Å². The highest BCUT2D eigenvalue weighted by Gasteiger charge is 2.29. The fraction of sp³-hybridized carbons (Fsp3) is 0.381. The van der Waals surface area contributed by atoms with Crippen molar-refractivity contribution in [3.05, 3.63) is 47.4 Å². The number of furan rings is 1. The molecule has 1 aromatic carbocycles. The smallest absolute Gasteiger partial charge is 0.257 e. The van der Waals surface area contributed by atoms with Gasteiger partial charge in [0, 0.05) is 37.7 Å². The molecule has 1 aromatic heterocycles. The van der Waals surface area contributed by atoms with Gasteiger partial charge < -0.3 is 19.5 Å². The summed E-state index contributed by atoms with van der Waals surface area (Å²) in [6.45, 7) is 1.70. The van der Waals surface area contributed by atoms with Crippen LogP contribution in [-0.2, 0) is 9.59 Å². The van der Waals surface area contributed by atoms with Gasteiger partial charge in [-0.25, -0.2) is 0 Å². The van der Waals surface area contributed by atoms with E-state index in [1.54, 1.807) is 34.1 Å². The standard InChI is InChI=1S/C21H22ClN3O4/c22-17-4-3-16(25-8-1-2-19(25)26)12-18(17)23-20(27)14-5-9-24(10-6-14)21(28)15-7-11-29-13-15/h3-4,7,11-14H,1-2,5-6,8-10H2,(H,23,27). The molecule has 2 fully saturated rings. The van der Waals surface area contributed by atoms with Crippen LogP contribution in [0.1, 0.15) is 36.0 Å². The first-order valence-corrected chi connectivity index (χ1v) is 10.1. The number of anilines is 2. The molecule has 4 rings (SSSR count). The van der Waals surface area contributed by atoms with E-state index >= 15 is 0 Å². The molecule has 3 heterocycles. The average molecular weight is 416 g/mol. The lowest BCUT2D eigenvalue weighted by molar-refractivity contribution is -0.121. The Bertz CT molecular complexity index is 920.